The summed E-state index contributed by atoms with van der Waals surface area (Å²) >= 11 is 0. The van der Waals surface area contributed by atoms with Crippen molar-refractivity contribution < 1.29 is 19.1 Å². The van der Waals surface area contributed by atoms with Crippen LogP contribution in [0.2, 0.25) is 0 Å². The number of esters is 1. The summed E-state index contributed by atoms with van der Waals surface area (Å²) in [5.41, 5.74) is 4.20. The largest absolute Gasteiger partial charge is 0.476 e. The molecular weight excluding hydrogens is 468 g/mol. The number of aryl methyl sites for hydroxylation is 2. The molecule has 8 nitrogen and oxygen atoms in total. The molecular formula is C29H36N4O4. The Hall–Kier alpha value is -3.81. The number of rotatable bonds is 9. The zero-order valence-corrected chi connectivity index (χ0v) is 22.3. The predicted octanol–water partition coefficient (Wildman–Crippen LogP) is 4.65. The van der Waals surface area contributed by atoms with Crippen molar-refractivity contribution in [2.45, 2.75) is 52.7 Å². The van der Waals surface area contributed by atoms with E-state index in [1.54, 1.807) is 25.5 Å². The molecule has 3 aromatic rings. The fourth-order valence-corrected chi connectivity index (χ4v) is 4.50. The molecule has 1 aromatic heterocycles. The summed E-state index contributed by atoms with van der Waals surface area (Å²) < 4.78 is 12.7. The predicted molar refractivity (Wildman–Crippen MR) is 144 cm³/mol. The summed E-state index contributed by atoms with van der Waals surface area (Å²) in [6.07, 6.45) is 2.49. The lowest BCUT2D eigenvalue weighted by Crippen LogP contribution is -2.39. The monoisotopic (exact) mass is 504 g/mol. The summed E-state index contributed by atoms with van der Waals surface area (Å²) in [5, 5.41) is 7.38. The second kappa shape index (κ2) is 11.1. The average molecular weight is 505 g/mol. The Morgan fingerprint density at radius 1 is 1.05 bits per heavy atom. The first kappa shape index (κ1) is 26.3. The number of hydrogen-bond donors (Lipinski definition) is 1. The molecule has 8 heteroatoms. The molecule has 0 saturated carbocycles. The summed E-state index contributed by atoms with van der Waals surface area (Å²) in [6.45, 7) is 9.89. The second-order valence-electron chi connectivity index (χ2n) is 9.89. The van der Waals surface area contributed by atoms with Gasteiger partial charge in [-0.25, -0.2) is 4.79 Å². The Balaban J connectivity index is 1.38. The molecule has 0 aliphatic carbocycles. The van der Waals surface area contributed by atoms with Crippen LogP contribution < -0.4 is 15.0 Å². The minimum atomic E-state index is -1.10. The van der Waals surface area contributed by atoms with E-state index in [-0.39, 0.29) is 5.91 Å². The van der Waals surface area contributed by atoms with Crippen LogP contribution in [0.3, 0.4) is 0 Å². The highest BCUT2D eigenvalue weighted by Gasteiger charge is 2.32. The number of amides is 1. The quantitative estimate of drug-likeness (QED) is 0.427. The Morgan fingerprint density at radius 3 is 2.41 bits per heavy atom. The third-order valence-electron chi connectivity index (χ3n) is 6.57. The van der Waals surface area contributed by atoms with Crippen molar-refractivity contribution >= 4 is 17.6 Å². The van der Waals surface area contributed by atoms with E-state index in [4.69, 9.17) is 9.47 Å². The lowest BCUT2D eigenvalue weighted by Gasteiger charge is -2.25. The lowest BCUT2D eigenvalue weighted by atomic mass is 10.1. The number of benzene rings is 2. The molecule has 1 saturated heterocycles. The van der Waals surface area contributed by atoms with E-state index in [9.17, 15) is 9.59 Å². The maximum Gasteiger partial charge on any atom is 0.349 e. The molecule has 0 radical (unpaired) electrons. The molecule has 0 unspecified atom stereocenters. The van der Waals surface area contributed by atoms with Crippen LogP contribution in [0.4, 0.5) is 5.69 Å². The maximum absolute atomic E-state index is 12.8. The third kappa shape index (κ3) is 6.13. The fourth-order valence-electron chi connectivity index (χ4n) is 4.50. The summed E-state index contributed by atoms with van der Waals surface area (Å²) in [6, 6.07) is 15.9. The van der Waals surface area contributed by atoms with E-state index in [2.05, 4.69) is 39.6 Å². The van der Waals surface area contributed by atoms with Crippen LogP contribution in [0.15, 0.2) is 48.5 Å². The van der Waals surface area contributed by atoms with Crippen LogP contribution in [0.25, 0.3) is 11.3 Å². The smallest absolute Gasteiger partial charge is 0.349 e. The highest BCUT2D eigenvalue weighted by Crippen LogP contribution is 2.27. The Kier molecular flexibility index (Phi) is 7.86. The molecule has 1 aliphatic heterocycles. The number of carbonyl (C=O) groups is 2. The minimum Gasteiger partial charge on any atom is -0.476 e. The molecule has 1 aliphatic rings. The number of ether oxygens (including phenoxy) is 2. The van der Waals surface area contributed by atoms with Gasteiger partial charge in [0, 0.05) is 32.4 Å². The molecule has 2 heterocycles. The zero-order valence-electron chi connectivity index (χ0n) is 22.3. The van der Waals surface area contributed by atoms with Gasteiger partial charge in [0.15, 0.2) is 11.3 Å². The van der Waals surface area contributed by atoms with Crippen molar-refractivity contribution in [2.24, 2.45) is 7.05 Å². The Bertz CT molecular complexity index is 1260. The number of nitrogens with zero attached hydrogens (tertiary/aromatic N) is 3. The average Bonchev–Trinajstić information content (AvgIpc) is 3.54. The van der Waals surface area contributed by atoms with Gasteiger partial charge < -0.3 is 19.7 Å². The van der Waals surface area contributed by atoms with E-state index < -0.39 is 11.6 Å². The zero-order chi connectivity index (χ0) is 26.6. The molecule has 0 bridgehead atoms. The van der Waals surface area contributed by atoms with Crippen LogP contribution in [0, 0.1) is 6.92 Å². The molecule has 196 valence electrons. The Labute approximate surface area is 218 Å². The van der Waals surface area contributed by atoms with Gasteiger partial charge in [-0.3, -0.25) is 9.48 Å². The van der Waals surface area contributed by atoms with Gasteiger partial charge in [0.25, 0.3) is 5.91 Å². The highest BCUT2D eigenvalue weighted by atomic mass is 16.6. The van der Waals surface area contributed by atoms with Gasteiger partial charge >= 0.3 is 5.97 Å². The molecule has 0 atom stereocenters. The number of aromatic nitrogens is 2. The van der Waals surface area contributed by atoms with Crippen LogP contribution in [0.1, 0.15) is 55.2 Å². The molecule has 0 spiro atoms. The van der Waals surface area contributed by atoms with Gasteiger partial charge in [-0.1, -0.05) is 24.3 Å². The first-order chi connectivity index (χ1) is 17.7. The van der Waals surface area contributed by atoms with E-state index in [0.29, 0.717) is 24.6 Å². The van der Waals surface area contributed by atoms with Crippen molar-refractivity contribution in [3.63, 3.8) is 0 Å². The molecule has 4 rings (SSSR count). The number of hydrogen-bond acceptors (Lipinski definition) is 6. The van der Waals surface area contributed by atoms with Crippen LogP contribution in [-0.4, -0.2) is 47.0 Å². The van der Waals surface area contributed by atoms with Crippen molar-refractivity contribution in [3.05, 3.63) is 65.4 Å². The van der Waals surface area contributed by atoms with Crippen LogP contribution >= 0.6 is 0 Å². The van der Waals surface area contributed by atoms with Gasteiger partial charge in [-0.2, -0.15) is 5.10 Å². The molecule has 1 N–H and O–H groups in total. The standard InChI is InChI=1S/C29H36N4O4/c1-6-36-28(35)29(3,4)37-26-14-9-21(17-20(26)2)19-30-27(34)24-18-25(32(5)31-24)22-10-12-23(13-11-22)33-15-7-8-16-33/h9-14,17-18H,6-8,15-16,19H2,1-5H3,(H,30,34). The minimum absolute atomic E-state index is 0.239. The fraction of sp³-hybridized carbons (Fsp3) is 0.414. The SMILES string of the molecule is CCOC(=O)C(C)(C)Oc1ccc(CNC(=O)c2cc(-c3ccc(N4CCCC4)cc3)n(C)n2)cc1C. The molecule has 2 aromatic carbocycles. The number of anilines is 1. The van der Waals surface area contributed by atoms with Crippen molar-refractivity contribution in [3.8, 4) is 17.0 Å². The number of carbonyl (C=O) groups excluding carboxylic acids is 2. The maximum atomic E-state index is 12.8. The highest BCUT2D eigenvalue weighted by molar-refractivity contribution is 5.93. The van der Waals surface area contributed by atoms with E-state index in [1.165, 1.54) is 18.5 Å². The van der Waals surface area contributed by atoms with E-state index >= 15 is 0 Å². The number of nitrogens with one attached hydrogen (secondary N) is 1. The normalized spacial score (nSPS) is 13.5. The second-order valence-corrected chi connectivity index (χ2v) is 9.89. The van der Waals surface area contributed by atoms with Crippen LogP contribution in [-0.2, 0) is 23.1 Å². The van der Waals surface area contributed by atoms with Gasteiger partial charge in [-0.15, -0.1) is 0 Å². The van der Waals surface area contributed by atoms with E-state index in [0.717, 1.165) is 35.5 Å². The van der Waals surface area contributed by atoms with Gasteiger partial charge in [0.2, 0.25) is 0 Å². The van der Waals surface area contributed by atoms with Crippen LogP contribution in [0.5, 0.6) is 5.75 Å². The van der Waals surface area contributed by atoms with Crippen molar-refractivity contribution in [2.75, 3.05) is 24.6 Å². The summed E-state index contributed by atoms with van der Waals surface area (Å²) in [7, 11) is 1.85. The third-order valence-corrected chi connectivity index (χ3v) is 6.57. The van der Waals surface area contributed by atoms with Gasteiger partial charge in [-0.05, 0) is 81.5 Å². The summed E-state index contributed by atoms with van der Waals surface area (Å²) in [5.74, 6) is -0.0572. The summed E-state index contributed by atoms with van der Waals surface area (Å²) in [4.78, 5) is 27.4. The first-order valence-corrected chi connectivity index (χ1v) is 12.8. The molecule has 37 heavy (non-hydrogen) atoms. The van der Waals surface area contributed by atoms with Gasteiger partial charge in [0.05, 0.1) is 12.3 Å². The molecule has 1 fully saturated rings. The van der Waals surface area contributed by atoms with Crippen molar-refractivity contribution in [1.29, 1.82) is 0 Å². The van der Waals surface area contributed by atoms with Crippen molar-refractivity contribution in [1.82, 2.24) is 15.1 Å². The van der Waals surface area contributed by atoms with E-state index in [1.807, 2.05) is 38.2 Å². The first-order valence-electron chi connectivity index (χ1n) is 12.8. The molecule has 1 amide bonds. The topological polar surface area (TPSA) is 85.7 Å². The lowest BCUT2D eigenvalue weighted by molar-refractivity contribution is -0.158. The van der Waals surface area contributed by atoms with Gasteiger partial charge in [0.1, 0.15) is 5.75 Å². The Morgan fingerprint density at radius 2 is 1.76 bits per heavy atom.